The van der Waals surface area contributed by atoms with Crippen molar-refractivity contribution < 1.29 is 47.7 Å². The van der Waals surface area contributed by atoms with E-state index in [1.807, 2.05) is 0 Å². The Morgan fingerprint density at radius 2 is 1.29 bits per heavy atom. The number of nitrogens with two attached hydrogens (primary N) is 1. The van der Waals surface area contributed by atoms with Gasteiger partial charge in [-0.05, 0) is 0 Å². The predicted molar refractivity (Wildman–Crippen MR) is 72.6 cm³/mol. The minimum Gasteiger partial charge on any atom is -0.467 e. The molecule has 0 aliphatic carbocycles. The first-order valence-electron chi connectivity index (χ1n) is 6.81. The highest BCUT2D eigenvalue weighted by Gasteiger charge is 2.55. The number of methoxy groups -OCH3 is 1. The van der Waals surface area contributed by atoms with Gasteiger partial charge in [-0.15, -0.1) is 0 Å². The lowest BCUT2D eigenvalue weighted by molar-refractivity contribution is -0.302. The second-order valence-electron chi connectivity index (χ2n) is 4.81. The van der Waals surface area contributed by atoms with Crippen LogP contribution in [0.15, 0.2) is 0 Å². The molecule has 11 nitrogen and oxygen atoms in total. The Labute approximate surface area is 137 Å². The monoisotopic (exact) mass is 349 g/mol. The molecule has 11 heteroatoms. The van der Waals surface area contributed by atoms with Gasteiger partial charge in [0.1, 0.15) is 0 Å². The standard InChI is InChI=1S/C13H19NO10/c1-5(15)20-8-9(21-6(2)16)11(22-7(3)17)13(24-14)23-10(8)12(18)19-4/h8-11,13H,14H2,1-4H3/t8-,9-,10?,11+,13-/m0/s1. The van der Waals surface area contributed by atoms with Crippen molar-refractivity contribution in [3.63, 3.8) is 0 Å². The van der Waals surface area contributed by atoms with E-state index < -0.39 is 54.6 Å². The maximum Gasteiger partial charge on any atom is 0.339 e. The molecule has 1 saturated heterocycles. The highest BCUT2D eigenvalue weighted by atomic mass is 16.8. The minimum atomic E-state index is -1.51. The number of ether oxygens (including phenoxy) is 5. The summed E-state index contributed by atoms with van der Waals surface area (Å²) in [5.74, 6) is 1.83. The largest absolute Gasteiger partial charge is 0.467 e. The van der Waals surface area contributed by atoms with E-state index in [1.165, 1.54) is 0 Å². The average molecular weight is 349 g/mol. The van der Waals surface area contributed by atoms with Gasteiger partial charge in [0.2, 0.25) is 6.29 Å². The summed E-state index contributed by atoms with van der Waals surface area (Å²) in [5.41, 5.74) is 0. The normalized spacial score (nSPS) is 29.3. The Morgan fingerprint density at radius 3 is 1.71 bits per heavy atom. The van der Waals surface area contributed by atoms with E-state index in [0.29, 0.717) is 0 Å². The third kappa shape index (κ3) is 4.88. The van der Waals surface area contributed by atoms with Gasteiger partial charge in [0.05, 0.1) is 7.11 Å². The number of esters is 4. The number of carbonyl (C=O) groups is 4. The number of hydrogen-bond acceptors (Lipinski definition) is 11. The molecule has 0 aromatic rings. The zero-order valence-electron chi connectivity index (χ0n) is 13.5. The Balaban J connectivity index is 3.28. The van der Waals surface area contributed by atoms with E-state index in [2.05, 4.69) is 9.57 Å². The molecule has 24 heavy (non-hydrogen) atoms. The van der Waals surface area contributed by atoms with Crippen LogP contribution in [-0.2, 0) is 47.7 Å². The molecule has 0 radical (unpaired) electrons. The predicted octanol–water partition coefficient (Wildman–Crippen LogP) is -1.43. The number of rotatable bonds is 5. The van der Waals surface area contributed by atoms with Crippen LogP contribution in [-0.4, -0.2) is 61.7 Å². The SMILES string of the molecule is COC(=O)C1O[C@@H](ON)[C@H](OC(C)=O)[C@@H](OC(C)=O)[C@@H]1OC(C)=O. The number of hydrogen-bond donors (Lipinski definition) is 1. The molecule has 1 fully saturated rings. The molecule has 0 aromatic carbocycles. The van der Waals surface area contributed by atoms with E-state index in [4.69, 9.17) is 24.8 Å². The molecule has 0 bridgehead atoms. The maximum atomic E-state index is 11.9. The topological polar surface area (TPSA) is 150 Å². The van der Waals surface area contributed by atoms with Crippen LogP contribution in [0.5, 0.6) is 0 Å². The van der Waals surface area contributed by atoms with Gasteiger partial charge < -0.3 is 23.7 Å². The van der Waals surface area contributed by atoms with Crippen molar-refractivity contribution >= 4 is 23.9 Å². The smallest absolute Gasteiger partial charge is 0.339 e. The Bertz CT molecular complexity index is 507. The molecule has 5 atom stereocenters. The highest BCUT2D eigenvalue weighted by Crippen LogP contribution is 2.29. The highest BCUT2D eigenvalue weighted by molar-refractivity contribution is 5.77. The molecule has 136 valence electrons. The minimum absolute atomic E-state index is 0.763. The van der Waals surface area contributed by atoms with Crippen LogP contribution in [0.2, 0.25) is 0 Å². The molecule has 1 unspecified atom stereocenters. The summed E-state index contributed by atoms with van der Waals surface area (Å²) in [5, 5.41) is 0. The lowest BCUT2D eigenvalue weighted by Crippen LogP contribution is -2.64. The van der Waals surface area contributed by atoms with Crippen LogP contribution in [0.25, 0.3) is 0 Å². The van der Waals surface area contributed by atoms with Crippen LogP contribution in [0.4, 0.5) is 0 Å². The Kier molecular flexibility index (Phi) is 7.07. The molecule has 1 aliphatic heterocycles. The van der Waals surface area contributed by atoms with Crippen molar-refractivity contribution in [1.82, 2.24) is 0 Å². The first-order valence-corrected chi connectivity index (χ1v) is 6.81. The average Bonchev–Trinajstić information content (AvgIpc) is 2.48. The maximum absolute atomic E-state index is 11.9. The molecule has 1 aliphatic rings. The van der Waals surface area contributed by atoms with Crippen LogP contribution in [0, 0.1) is 0 Å². The van der Waals surface area contributed by atoms with Crippen LogP contribution in [0.1, 0.15) is 20.8 Å². The van der Waals surface area contributed by atoms with Gasteiger partial charge in [-0.25, -0.2) is 10.7 Å². The van der Waals surface area contributed by atoms with Gasteiger partial charge in [-0.3, -0.25) is 19.2 Å². The summed E-state index contributed by atoms with van der Waals surface area (Å²) in [7, 11) is 1.08. The zero-order chi connectivity index (χ0) is 18.4. The summed E-state index contributed by atoms with van der Waals surface area (Å²) in [4.78, 5) is 50.5. The molecule has 0 aromatic heterocycles. The molecular weight excluding hydrogens is 330 g/mol. The van der Waals surface area contributed by atoms with Crippen LogP contribution >= 0.6 is 0 Å². The van der Waals surface area contributed by atoms with Crippen molar-refractivity contribution in [3.05, 3.63) is 0 Å². The van der Waals surface area contributed by atoms with Gasteiger partial charge in [-0.1, -0.05) is 0 Å². The van der Waals surface area contributed by atoms with Crippen molar-refractivity contribution in [1.29, 1.82) is 0 Å². The molecule has 1 rings (SSSR count). The summed E-state index contributed by atoms with van der Waals surface area (Å²) in [6.45, 7) is 3.24. The van der Waals surface area contributed by atoms with E-state index in [-0.39, 0.29) is 0 Å². The summed E-state index contributed by atoms with van der Waals surface area (Å²) < 4.78 is 24.9. The molecular formula is C13H19NO10. The van der Waals surface area contributed by atoms with E-state index in [1.54, 1.807) is 0 Å². The van der Waals surface area contributed by atoms with Crippen molar-refractivity contribution in [3.8, 4) is 0 Å². The fraction of sp³-hybridized carbons (Fsp3) is 0.692. The fourth-order valence-corrected chi connectivity index (χ4v) is 2.19. The summed E-state index contributed by atoms with van der Waals surface area (Å²) >= 11 is 0. The molecule has 0 amide bonds. The van der Waals surface area contributed by atoms with E-state index >= 15 is 0 Å². The first-order chi connectivity index (χ1) is 11.2. The van der Waals surface area contributed by atoms with Crippen molar-refractivity contribution in [2.24, 2.45) is 5.90 Å². The van der Waals surface area contributed by atoms with Gasteiger partial charge in [0.15, 0.2) is 24.4 Å². The van der Waals surface area contributed by atoms with Gasteiger partial charge in [0, 0.05) is 20.8 Å². The van der Waals surface area contributed by atoms with Crippen molar-refractivity contribution in [2.45, 2.75) is 51.5 Å². The lowest BCUT2D eigenvalue weighted by atomic mass is 9.98. The summed E-state index contributed by atoms with van der Waals surface area (Å²) in [6.07, 6.45) is -7.18. The van der Waals surface area contributed by atoms with Crippen molar-refractivity contribution in [2.75, 3.05) is 7.11 Å². The molecule has 0 spiro atoms. The first kappa shape index (κ1) is 19.8. The molecule has 1 heterocycles. The van der Waals surface area contributed by atoms with Crippen LogP contribution < -0.4 is 5.90 Å². The molecule has 2 N–H and O–H groups in total. The zero-order valence-corrected chi connectivity index (χ0v) is 13.5. The number of carbonyl (C=O) groups excluding carboxylic acids is 4. The van der Waals surface area contributed by atoms with Crippen LogP contribution in [0.3, 0.4) is 0 Å². The Hall–Kier alpha value is -2.24. The van der Waals surface area contributed by atoms with E-state index in [0.717, 1.165) is 27.9 Å². The van der Waals surface area contributed by atoms with Gasteiger partial charge >= 0.3 is 23.9 Å². The second kappa shape index (κ2) is 8.57. The van der Waals surface area contributed by atoms with E-state index in [9.17, 15) is 19.2 Å². The summed E-state index contributed by atoms with van der Waals surface area (Å²) in [6, 6.07) is 0. The third-order valence-electron chi connectivity index (χ3n) is 2.97. The lowest BCUT2D eigenvalue weighted by Gasteiger charge is -2.42. The quantitative estimate of drug-likeness (QED) is 0.353. The Morgan fingerprint density at radius 1 is 0.833 bits per heavy atom. The third-order valence-corrected chi connectivity index (χ3v) is 2.97. The fourth-order valence-electron chi connectivity index (χ4n) is 2.19. The van der Waals surface area contributed by atoms with Gasteiger partial charge in [-0.2, -0.15) is 0 Å². The molecule has 0 saturated carbocycles. The van der Waals surface area contributed by atoms with Gasteiger partial charge in [0.25, 0.3) is 0 Å². The second-order valence-corrected chi connectivity index (χ2v) is 4.81.